The summed E-state index contributed by atoms with van der Waals surface area (Å²) in [4.78, 5) is 17.4. The van der Waals surface area contributed by atoms with Gasteiger partial charge in [0.05, 0.1) is 13.2 Å². The predicted molar refractivity (Wildman–Crippen MR) is 98.7 cm³/mol. The minimum absolute atomic E-state index is 0.0442. The van der Waals surface area contributed by atoms with Crippen molar-refractivity contribution in [3.63, 3.8) is 0 Å². The number of carbonyl (C=O) groups excluding carboxylic acids is 1. The first kappa shape index (κ1) is 16.9. The maximum Gasteiger partial charge on any atom is 0.241 e. The van der Waals surface area contributed by atoms with Gasteiger partial charge in [-0.15, -0.1) is 0 Å². The van der Waals surface area contributed by atoms with E-state index < -0.39 is 0 Å². The number of ether oxygens (including phenoxy) is 1. The van der Waals surface area contributed by atoms with Crippen molar-refractivity contribution in [3.8, 4) is 11.5 Å². The molecule has 2 fully saturated rings. The van der Waals surface area contributed by atoms with Gasteiger partial charge in [-0.1, -0.05) is 42.8 Å². The molecule has 2 aromatic carbocycles. The Morgan fingerprint density at radius 3 is 2.73 bits per heavy atom. The van der Waals surface area contributed by atoms with Crippen LogP contribution >= 0.6 is 0 Å². The molecule has 26 heavy (non-hydrogen) atoms. The Bertz CT molecular complexity index is 793. The van der Waals surface area contributed by atoms with Crippen molar-refractivity contribution >= 4 is 5.91 Å². The molecule has 5 nitrogen and oxygen atoms in total. The van der Waals surface area contributed by atoms with Crippen LogP contribution < -0.4 is 4.74 Å². The second-order valence-corrected chi connectivity index (χ2v) is 7.01. The summed E-state index contributed by atoms with van der Waals surface area (Å²) < 4.78 is 5.29. The van der Waals surface area contributed by atoms with Gasteiger partial charge in [-0.25, -0.2) is 0 Å². The molecule has 0 saturated carbocycles. The molecule has 0 aliphatic carbocycles. The number of phenolic OH excluding ortho intramolecular Hbond substituents is 1. The summed E-state index contributed by atoms with van der Waals surface area (Å²) in [6, 6.07) is 15.4. The molecule has 0 aromatic heterocycles. The molecule has 2 aliphatic rings. The highest BCUT2D eigenvalue weighted by Crippen LogP contribution is 2.41. The molecule has 2 unspecified atom stereocenters. The fourth-order valence-corrected chi connectivity index (χ4v) is 4.17. The molecule has 5 heteroatoms. The first-order valence-electron chi connectivity index (χ1n) is 9.16. The molecular formula is C21H24N2O3. The number of amides is 1. The van der Waals surface area contributed by atoms with Gasteiger partial charge < -0.3 is 14.7 Å². The summed E-state index contributed by atoms with van der Waals surface area (Å²) in [5.74, 6) is 0.756. The Morgan fingerprint density at radius 2 is 1.96 bits per heavy atom. The average molecular weight is 352 g/mol. The standard InChI is InChI=1S/C21H24N2O3/c1-26-19-13-16(10-11-18(19)24)20-22-12-6-5-9-17(22)21(25)23(20)14-15-7-3-2-4-8-15/h2-4,7-8,10-11,13,17,20,24H,5-6,9,12,14H2,1H3. The van der Waals surface area contributed by atoms with Gasteiger partial charge in [0, 0.05) is 13.1 Å². The van der Waals surface area contributed by atoms with Crippen molar-refractivity contribution < 1.29 is 14.6 Å². The van der Waals surface area contributed by atoms with Gasteiger partial charge in [0.2, 0.25) is 5.91 Å². The highest BCUT2D eigenvalue weighted by molar-refractivity contribution is 5.84. The molecule has 0 radical (unpaired) electrons. The quantitative estimate of drug-likeness (QED) is 0.917. The van der Waals surface area contributed by atoms with E-state index >= 15 is 0 Å². The summed E-state index contributed by atoms with van der Waals surface area (Å²) >= 11 is 0. The van der Waals surface area contributed by atoms with Crippen molar-refractivity contribution in [2.75, 3.05) is 13.7 Å². The van der Waals surface area contributed by atoms with E-state index in [2.05, 4.69) is 17.0 Å². The number of hydrogen-bond donors (Lipinski definition) is 1. The third-order valence-corrected chi connectivity index (χ3v) is 5.42. The molecule has 1 amide bonds. The number of hydrogen-bond acceptors (Lipinski definition) is 4. The largest absolute Gasteiger partial charge is 0.504 e. The van der Waals surface area contributed by atoms with Gasteiger partial charge in [-0.3, -0.25) is 9.69 Å². The Labute approximate surface area is 153 Å². The number of aromatic hydroxyl groups is 1. The van der Waals surface area contributed by atoms with E-state index in [1.165, 1.54) is 0 Å². The second kappa shape index (κ2) is 7.00. The van der Waals surface area contributed by atoms with Crippen LogP contribution in [0.4, 0.5) is 0 Å². The second-order valence-electron chi connectivity index (χ2n) is 7.01. The summed E-state index contributed by atoms with van der Waals surface area (Å²) in [5.41, 5.74) is 2.10. The van der Waals surface area contributed by atoms with Gasteiger partial charge in [0.1, 0.15) is 6.17 Å². The zero-order valence-corrected chi connectivity index (χ0v) is 15.0. The van der Waals surface area contributed by atoms with Gasteiger partial charge in [-0.05, 0) is 36.1 Å². The first-order valence-corrected chi connectivity index (χ1v) is 9.16. The first-order chi connectivity index (χ1) is 12.7. The predicted octanol–water partition coefficient (Wildman–Crippen LogP) is 3.30. The lowest BCUT2D eigenvalue weighted by atomic mass is 10.0. The van der Waals surface area contributed by atoms with Crippen LogP contribution in [-0.4, -0.2) is 40.5 Å². The van der Waals surface area contributed by atoms with Crippen LogP contribution in [0, 0.1) is 0 Å². The van der Waals surface area contributed by atoms with Crippen LogP contribution in [0.1, 0.15) is 36.6 Å². The topological polar surface area (TPSA) is 53.0 Å². The Balaban J connectivity index is 1.73. The number of methoxy groups -OCH3 is 1. The number of rotatable bonds is 4. The van der Waals surface area contributed by atoms with Gasteiger partial charge in [-0.2, -0.15) is 0 Å². The smallest absolute Gasteiger partial charge is 0.241 e. The molecule has 2 heterocycles. The summed E-state index contributed by atoms with van der Waals surface area (Å²) in [6.45, 7) is 1.50. The summed E-state index contributed by atoms with van der Waals surface area (Å²) in [5, 5.41) is 9.94. The van der Waals surface area contributed by atoms with E-state index in [0.717, 1.165) is 36.9 Å². The fraction of sp³-hybridized carbons (Fsp3) is 0.381. The Morgan fingerprint density at radius 1 is 1.15 bits per heavy atom. The molecule has 136 valence electrons. The van der Waals surface area contributed by atoms with Crippen LogP contribution in [0.15, 0.2) is 48.5 Å². The molecule has 2 saturated heterocycles. The maximum absolute atomic E-state index is 13.2. The van der Waals surface area contributed by atoms with Crippen LogP contribution in [0.25, 0.3) is 0 Å². The van der Waals surface area contributed by atoms with Crippen molar-refractivity contribution in [2.45, 2.75) is 38.0 Å². The maximum atomic E-state index is 13.2. The summed E-state index contributed by atoms with van der Waals surface area (Å²) in [7, 11) is 1.55. The van der Waals surface area contributed by atoms with E-state index in [-0.39, 0.29) is 23.9 Å². The normalized spacial score (nSPS) is 23.1. The number of benzene rings is 2. The van der Waals surface area contributed by atoms with E-state index in [4.69, 9.17) is 4.74 Å². The van der Waals surface area contributed by atoms with Gasteiger partial charge in [0.25, 0.3) is 0 Å². The number of carbonyl (C=O) groups is 1. The molecule has 2 aromatic rings. The average Bonchev–Trinajstić information content (AvgIpc) is 2.95. The van der Waals surface area contributed by atoms with Crippen LogP contribution in [0.2, 0.25) is 0 Å². The number of phenols is 1. The monoisotopic (exact) mass is 352 g/mol. The zero-order valence-electron chi connectivity index (χ0n) is 15.0. The van der Waals surface area contributed by atoms with Crippen molar-refractivity contribution in [3.05, 3.63) is 59.7 Å². The lowest BCUT2D eigenvalue weighted by Crippen LogP contribution is -2.38. The van der Waals surface area contributed by atoms with E-state index in [1.54, 1.807) is 13.2 Å². The fourth-order valence-electron chi connectivity index (χ4n) is 4.17. The van der Waals surface area contributed by atoms with Crippen LogP contribution in [0.5, 0.6) is 11.5 Å². The third-order valence-electron chi connectivity index (χ3n) is 5.42. The Hall–Kier alpha value is -2.53. The highest BCUT2D eigenvalue weighted by Gasteiger charge is 2.47. The lowest BCUT2D eigenvalue weighted by molar-refractivity contribution is -0.131. The molecule has 1 N–H and O–H groups in total. The van der Waals surface area contributed by atoms with Crippen molar-refractivity contribution in [1.82, 2.24) is 9.80 Å². The molecule has 2 atom stereocenters. The zero-order chi connectivity index (χ0) is 18.1. The van der Waals surface area contributed by atoms with Crippen LogP contribution in [-0.2, 0) is 11.3 Å². The molecule has 2 aliphatic heterocycles. The molecule has 4 rings (SSSR count). The van der Waals surface area contributed by atoms with Crippen LogP contribution in [0.3, 0.4) is 0 Å². The van der Waals surface area contributed by atoms with E-state index in [9.17, 15) is 9.90 Å². The van der Waals surface area contributed by atoms with Gasteiger partial charge >= 0.3 is 0 Å². The third kappa shape index (κ3) is 2.92. The minimum Gasteiger partial charge on any atom is -0.504 e. The number of fused-ring (bicyclic) bond motifs is 1. The van der Waals surface area contributed by atoms with Crippen molar-refractivity contribution in [2.24, 2.45) is 0 Å². The highest BCUT2D eigenvalue weighted by atomic mass is 16.5. The summed E-state index contributed by atoms with van der Waals surface area (Å²) in [6.07, 6.45) is 2.99. The SMILES string of the molecule is COc1cc(C2N(Cc3ccccc3)C(=O)C3CCCCN32)ccc1O. The van der Waals surface area contributed by atoms with Gasteiger partial charge in [0.15, 0.2) is 11.5 Å². The van der Waals surface area contributed by atoms with Crippen molar-refractivity contribution in [1.29, 1.82) is 0 Å². The number of nitrogens with zero attached hydrogens (tertiary/aromatic N) is 2. The van der Waals surface area contributed by atoms with E-state index in [1.807, 2.05) is 35.2 Å². The minimum atomic E-state index is -0.123. The molecular weight excluding hydrogens is 328 g/mol. The number of piperidine rings is 1. The lowest BCUT2D eigenvalue weighted by Gasteiger charge is -2.34. The van der Waals surface area contributed by atoms with E-state index in [0.29, 0.717) is 12.3 Å². The molecule has 0 spiro atoms. The molecule has 0 bridgehead atoms. The Kier molecular flexibility index (Phi) is 4.55.